The Morgan fingerprint density at radius 2 is 2.00 bits per heavy atom. The normalized spacial score (nSPS) is 14.3. The number of amides is 1. The zero-order valence-corrected chi connectivity index (χ0v) is 20.3. The lowest BCUT2D eigenvalue weighted by Crippen LogP contribution is -2.33. The van der Waals surface area contributed by atoms with Gasteiger partial charge in [-0.2, -0.15) is 10.2 Å². The summed E-state index contributed by atoms with van der Waals surface area (Å²) < 4.78 is 11.1. The van der Waals surface area contributed by atoms with Gasteiger partial charge in [-0.05, 0) is 75.3 Å². The summed E-state index contributed by atoms with van der Waals surface area (Å²) in [4.78, 5) is 17.2. The molecule has 1 aliphatic carbocycles. The first-order chi connectivity index (χ1) is 17.0. The van der Waals surface area contributed by atoms with E-state index >= 15 is 0 Å². The maximum atomic E-state index is 10.8. The van der Waals surface area contributed by atoms with Gasteiger partial charge in [-0.15, -0.1) is 0 Å². The largest absolute Gasteiger partial charge is 0.490 e. The molecule has 0 radical (unpaired) electrons. The molecule has 2 heterocycles. The SMILES string of the molecule is CC(C)Oc1ccc(-c2nc(-c3cccc4c3CCC4)no2)cc1C#N.NCC(=O)N1CCCC1. The lowest BCUT2D eigenvalue weighted by molar-refractivity contribution is -0.128. The van der Waals surface area contributed by atoms with Crippen LogP contribution in [0, 0.1) is 11.3 Å². The molecule has 0 bridgehead atoms. The molecule has 35 heavy (non-hydrogen) atoms. The summed E-state index contributed by atoms with van der Waals surface area (Å²) >= 11 is 0. The van der Waals surface area contributed by atoms with Crippen LogP contribution in [0.1, 0.15) is 49.8 Å². The standard InChI is InChI=1S/C21H19N3O2.C6H12N2O/c1-13(2)25-19-10-9-15(11-16(19)12-22)21-23-20(24-26-21)18-8-4-6-14-5-3-7-17(14)18;7-5-6(9)8-3-1-2-4-8/h4,6,8-11,13H,3,5,7H2,1-2H3;1-5,7H2. The van der Waals surface area contributed by atoms with Gasteiger partial charge in [0.25, 0.3) is 5.89 Å². The number of nitrogens with two attached hydrogens (primary N) is 1. The number of benzene rings is 2. The Labute approximate surface area is 205 Å². The van der Waals surface area contributed by atoms with Crippen LogP contribution in [0.15, 0.2) is 40.9 Å². The molecule has 1 fully saturated rings. The number of aryl methyl sites for hydroxylation is 1. The van der Waals surface area contributed by atoms with Crippen LogP contribution < -0.4 is 10.5 Å². The first kappa shape index (κ1) is 24.4. The fraction of sp³-hybridized carbons (Fsp3) is 0.407. The Hall–Kier alpha value is -3.70. The fourth-order valence-electron chi connectivity index (χ4n) is 4.48. The summed E-state index contributed by atoms with van der Waals surface area (Å²) in [6, 6.07) is 13.8. The van der Waals surface area contributed by atoms with Crippen molar-refractivity contribution >= 4 is 5.91 Å². The maximum absolute atomic E-state index is 10.8. The molecule has 0 atom stereocenters. The number of nitrogens with zero attached hydrogens (tertiary/aromatic N) is 4. The summed E-state index contributed by atoms with van der Waals surface area (Å²) in [6.07, 6.45) is 5.62. The molecule has 2 aromatic carbocycles. The van der Waals surface area contributed by atoms with E-state index < -0.39 is 0 Å². The van der Waals surface area contributed by atoms with Crippen LogP contribution in [0.3, 0.4) is 0 Å². The lowest BCUT2D eigenvalue weighted by atomic mass is 10.0. The van der Waals surface area contributed by atoms with Gasteiger partial charge in [0.05, 0.1) is 18.2 Å². The van der Waals surface area contributed by atoms with Gasteiger partial charge in [-0.25, -0.2) is 0 Å². The number of carbonyl (C=O) groups excluding carboxylic acids is 1. The van der Waals surface area contributed by atoms with Crippen molar-refractivity contribution in [2.75, 3.05) is 19.6 Å². The molecule has 3 aromatic rings. The van der Waals surface area contributed by atoms with Crippen LogP contribution in [-0.4, -0.2) is 46.7 Å². The average molecular weight is 474 g/mol. The Morgan fingerprint density at radius 1 is 1.20 bits per heavy atom. The topological polar surface area (TPSA) is 118 Å². The number of nitriles is 1. The van der Waals surface area contributed by atoms with E-state index in [4.69, 9.17) is 15.0 Å². The van der Waals surface area contributed by atoms with E-state index in [1.54, 1.807) is 12.1 Å². The van der Waals surface area contributed by atoms with E-state index in [9.17, 15) is 10.1 Å². The number of carbonyl (C=O) groups is 1. The van der Waals surface area contributed by atoms with Crippen molar-refractivity contribution in [3.05, 3.63) is 53.1 Å². The van der Waals surface area contributed by atoms with Crippen molar-refractivity contribution in [2.24, 2.45) is 5.73 Å². The van der Waals surface area contributed by atoms with Gasteiger partial charge in [-0.3, -0.25) is 4.79 Å². The summed E-state index contributed by atoms with van der Waals surface area (Å²) in [7, 11) is 0. The molecule has 2 N–H and O–H groups in total. The Kier molecular flexibility index (Phi) is 7.78. The monoisotopic (exact) mass is 473 g/mol. The lowest BCUT2D eigenvalue weighted by Gasteiger charge is -2.12. The molecule has 8 heteroatoms. The Bertz CT molecular complexity index is 1220. The average Bonchev–Trinajstić information content (AvgIpc) is 3.65. The Balaban J connectivity index is 0.000000271. The molecular weight excluding hydrogens is 442 g/mol. The second-order valence-electron chi connectivity index (χ2n) is 9.00. The second kappa shape index (κ2) is 11.2. The predicted molar refractivity (Wildman–Crippen MR) is 133 cm³/mol. The molecule has 0 spiro atoms. The van der Waals surface area contributed by atoms with E-state index in [0.717, 1.165) is 44.3 Å². The summed E-state index contributed by atoms with van der Waals surface area (Å²) in [5, 5.41) is 13.6. The zero-order valence-electron chi connectivity index (χ0n) is 20.3. The molecule has 1 amide bonds. The third-order valence-corrected chi connectivity index (χ3v) is 6.16. The number of likely N-dealkylation sites (tertiary alicyclic amines) is 1. The minimum absolute atomic E-state index is 0.00290. The highest BCUT2D eigenvalue weighted by atomic mass is 16.5. The Morgan fingerprint density at radius 3 is 2.71 bits per heavy atom. The number of hydrogen-bond acceptors (Lipinski definition) is 7. The quantitative estimate of drug-likeness (QED) is 0.592. The van der Waals surface area contributed by atoms with E-state index in [1.165, 1.54) is 17.5 Å². The maximum Gasteiger partial charge on any atom is 0.258 e. The molecule has 5 rings (SSSR count). The van der Waals surface area contributed by atoms with Crippen LogP contribution in [0.2, 0.25) is 0 Å². The number of fused-ring (bicyclic) bond motifs is 1. The van der Waals surface area contributed by atoms with Gasteiger partial charge in [-0.1, -0.05) is 23.4 Å². The molecule has 0 unspecified atom stereocenters. The number of ether oxygens (including phenoxy) is 1. The third-order valence-electron chi connectivity index (χ3n) is 6.16. The first-order valence-electron chi connectivity index (χ1n) is 12.1. The minimum atomic E-state index is 0.00290. The number of aromatic nitrogens is 2. The zero-order chi connectivity index (χ0) is 24.8. The summed E-state index contributed by atoms with van der Waals surface area (Å²) in [6.45, 7) is 5.85. The van der Waals surface area contributed by atoms with E-state index in [2.05, 4.69) is 22.3 Å². The molecule has 182 valence electrons. The highest BCUT2D eigenvalue weighted by molar-refractivity contribution is 5.78. The van der Waals surface area contributed by atoms with E-state index in [1.807, 2.05) is 36.9 Å². The van der Waals surface area contributed by atoms with Gasteiger partial charge in [0.2, 0.25) is 11.7 Å². The molecule has 2 aliphatic rings. The van der Waals surface area contributed by atoms with E-state index in [-0.39, 0.29) is 18.6 Å². The molecule has 1 aliphatic heterocycles. The molecular formula is C27H31N5O3. The highest BCUT2D eigenvalue weighted by Gasteiger charge is 2.20. The highest BCUT2D eigenvalue weighted by Crippen LogP contribution is 2.33. The van der Waals surface area contributed by atoms with Crippen molar-refractivity contribution < 1.29 is 14.1 Å². The van der Waals surface area contributed by atoms with Crippen molar-refractivity contribution in [1.82, 2.24) is 15.0 Å². The van der Waals surface area contributed by atoms with E-state index in [0.29, 0.717) is 28.6 Å². The van der Waals surface area contributed by atoms with Gasteiger partial charge in [0.1, 0.15) is 11.8 Å². The van der Waals surface area contributed by atoms with Crippen LogP contribution in [0.5, 0.6) is 5.75 Å². The first-order valence-corrected chi connectivity index (χ1v) is 12.1. The van der Waals surface area contributed by atoms with Crippen LogP contribution in [0.4, 0.5) is 0 Å². The number of hydrogen-bond donors (Lipinski definition) is 1. The predicted octanol–water partition coefficient (Wildman–Crippen LogP) is 4.12. The van der Waals surface area contributed by atoms with Crippen LogP contribution in [0.25, 0.3) is 22.8 Å². The molecule has 1 saturated heterocycles. The van der Waals surface area contributed by atoms with Gasteiger partial charge in [0, 0.05) is 24.2 Å². The second-order valence-corrected chi connectivity index (χ2v) is 9.00. The molecule has 0 saturated carbocycles. The smallest absolute Gasteiger partial charge is 0.258 e. The molecule has 8 nitrogen and oxygen atoms in total. The van der Waals surface area contributed by atoms with Gasteiger partial charge < -0.3 is 19.9 Å². The molecule has 1 aromatic heterocycles. The van der Waals surface area contributed by atoms with Crippen LogP contribution >= 0.6 is 0 Å². The van der Waals surface area contributed by atoms with Crippen molar-refractivity contribution in [2.45, 2.75) is 52.1 Å². The third kappa shape index (κ3) is 5.69. The minimum Gasteiger partial charge on any atom is -0.490 e. The van der Waals surface area contributed by atoms with Gasteiger partial charge in [0.15, 0.2) is 0 Å². The van der Waals surface area contributed by atoms with Crippen LogP contribution in [-0.2, 0) is 17.6 Å². The summed E-state index contributed by atoms with van der Waals surface area (Å²) in [5.74, 6) is 1.65. The fourth-order valence-corrected chi connectivity index (χ4v) is 4.48. The van der Waals surface area contributed by atoms with Crippen molar-refractivity contribution in [1.29, 1.82) is 5.26 Å². The number of rotatable bonds is 5. The van der Waals surface area contributed by atoms with Crippen molar-refractivity contribution in [3.8, 4) is 34.7 Å². The summed E-state index contributed by atoms with van der Waals surface area (Å²) in [5.41, 5.74) is 10.1. The van der Waals surface area contributed by atoms with Gasteiger partial charge >= 0.3 is 0 Å². The van der Waals surface area contributed by atoms with Crippen molar-refractivity contribution in [3.63, 3.8) is 0 Å².